The lowest BCUT2D eigenvalue weighted by Gasteiger charge is -2.18. The molecule has 0 saturated heterocycles. The Labute approximate surface area is 120 Å². The number of halogens is 3. The molecule has 1 N–H and O–H groups in total. The van der Waals surface area contributed by atoms with Gasteiger partial charge in [-0.05, 0) is 31.0 Å². The van der Waals surface area contributed by atoms with E-state index in [0.29, 0.717) is 12.8 Å². The number of aliphatic hydroxyl groups excluding tert-OH is 1. The zero-order chi connectivity index (χ0) is 15.9. The van der Waals surface area contributed by atoms with Crippen LogP contribution in [0.5, 0.6) is 5.75 Å². The monoisotopic (exact) mass is 306 g/mol. The van der Waals surface area contributed by atoms with Gasteiger partial charge in [0.2, 0.25) is 0 Å². The summed E-state index contributed by atoms with van der Waals surface area (Å²) in [6.07, 6.45) is -4.27. The first-order chi connectivity index (χ1) is 9.82. The molecule has 0 heterocycles. The second-order valence-electron chi connectivity index (χ2n) is 4.43. The Morgan fingerprint density at radius 3 is 2.67 bits per heavy atom. The molecule has 1 aromatic carbocycles. The second kappa shape index (κ2) is 7.87. The van der Waals surface area contributed by atoms with Gasteiger partial charge in [0, 0.05) is 13.5 Å². The molecule has 0 saturated carbocycles. The van der Waals surface area contributed by atoms with Crippen LogP contribution in [-0.2, 0) is 15.7 Å². The third-order valence-corrected chi connectivity index (χ3v) is 2.61. The van der Waals surface area contributed by atoms with E-state index in [1.165, 1.54) is 19.1 Å². The largest absolute Gasteiger partial charge is 0.490 e. The molecular weight excluding hydrogens is 289 g/mol. The van der Waals surface area contributed by atoms with Gasteiger partial charge < -0.3 is 14.6 Å². The summed E-state index contributed by atoms with van der Waals surface area (Å²) >= 11 is 0. The third-order valence-electron chi connectivity index (χ3n) is 2.61. The minimum atomic E-state index is -4.44. The number of benzene rings is 1. The predicted octanol–water partition coefficient (Wildman–Crippen LogP) is 2.79. The number of alkyl halides is 3. The molecule has 1 atom stereocenters. The maximum absolute atomic E-state index is 12.6. The molecule has 0 aliphatic rings. The highest BCUT2D eigenvalue weighted by Crippen LogP contribution is 2.31. The van der Waals surface area contributed by atoms with Crippen molar-refractivity contribution >= 4 is 5.97 Å². The summed E-state index contributed by atoms with van der Waals surface area (Å²) in [4.78, 5) is 10.9. The van der Waals surface area contributed by atoms with E-state index >= 15 is 0 Å². The average molecular weight is 306 g/mol. The number of aliphatic hydroxyl groups is 1. The van der Waals surface area contributed by atoms with Gasteiger partial charge in [0.1, 0.15) is 18.5 Å². The smallest absolute Gasteiger partial charge is 0.416 e. The van der Waals surface area contributed by atoms with Crippen LogP contribution in [0.2, 0.25) is 0 Å². The van der Waals surface area contributed by atoms with E-state index < -0.39 is 23.8 Å². The number of carbonyl (C=O) groups excluding carboxylic acids is 1. The molecule has 0 spiro atoms. The van der Waals surface area contributed by atoms with E-state index in [2.05, 4.69) is 0 Å². The van der Waals surface area contributed by atoms with Crippen molar-refractivity contribution in [3.05, 3.63) is 29.8 Å². The molecule has 21 heavy (non-hydrogen) atoms. The second-order valence-corrected chi connectivity index (χ2v) is 4.43. The van der Waals surface area contributed by atoms with E-state index in [-0.39, 0.29) is 19.0 Å². The molecule has 1 aromatic rings. The molecule has 0 fully saturated rings. The lowest BCUT2D eigenvalue weighted by Crippen LogP contribution is -2.24. The number of esters is 1. The molecule has 0 aromatic heterocycles. The summed E-state index contributed by atoms with van der Waals surface area (Å²) < 4.78 is 47.9. The first-order valence-electron chi connectivity index (χ1n) is 6.41. The van der Waals surface area contributed by atoms with E-state index in [1.54, 1.807) is 0 Å². The van der Waals surface area contributed by atoms with E-state index in [1.807, 2.05) is 0 Å². The lowest BCUT2D eigenvalue weighted by molar-refractivity contribution is -0.148. The van der Waals surface area contributed by atoms with Crippen molar-refractivity contribution in [1.82, 2.24) is 0 Å². The van der Waals surface area contributed by atoms with Crippen LogP contribution in [0.3, 0.4) is 0 Å². The van der Waals surface area contributed by atoms with Gasteiger partial charge in [0.25, 0.3) is 0 Å². The zero-order valence-electron chi connectivity index (χ0n) is 11.5. The molecule has 0 aliphatic heterocycles. The molecule has 7 heteroatoms. The van der Waals surface area contributed by atoms with Crippen LogP contribution < -0.4 is 4.74 Å². The summed E-state index contributed by atoms with van der Waals surface area (Å²) in [6, 6.07) is 4.47. The molecule has 0 bridgehead atoms. The highest BCUT2D eigenvalue weighted by atomic mass is 19.4. The van der Waals surface area contributed by atoms with Gasteiger partial charge in [-0.3, -0.25) is 4.79 Å². The van der Waals surface area contributed by atoms with Crippen molar-refractivity contribution in [2.75, 3.05) is 13.2 Å². The fraction of sp³-hybridized carbons (Fsp3) is 0.500. The highest BCUT2D eigenvalue weighted by Gasteiger charge is 2.30. The average Bonchev–Trinajstić information content (AvgIpc) is 2.41. The van der Waals surface area contributed by atoms with Crippen molar-refractivity contribution in [3.8, 4) is 5.75 Å². The Kier molecular flexibility index (Phi) is 6.48. The zero-order valence-corrected chi connectivity index (χ0v) is 11.5. The van der Waals surface area contributed by atoms with Gasteiger partial charge in [-0.2, -0.15) is 13.2 Å². The normalized spacial score (nSPS) is 12.8. The number of ether oxygens (including phenoxy) is 2. The van der Waals surface area contributed by atoms with Crippen molar-refractivity contribution in [2.24, 2.45) is 0 Å². The summed E-state index contributed by atoms with van der Waals surface area (Å²) in [5.74, 6) is -0.462. The third kappa shape index (κ3) is 6.48. The van der Waals surface area contributed by atoms with Crippen LogP contribution in [0, 0.1) is 0 Å². The van der Waals surface area contributed by atoms with Gasteiger partial charge in [0.15, 0.2) is 0 Å². The van der Waals surface area contributed by atoms with Crippen molar-refractivity contribution < 1.29 is 32.5 Å². The van der Waals surface area contributed by atoms with Crippen molar-refractivity contribution in [3.63, 3.8) is 0 Å². The maximum atomic E-state index is 12.6. The van der Waals surface area contributed by atoms with E-state index in [4.69, 9.17) is 14.6 Å². The number of carbonyl (C=O) groups is 1. The Hall–Kier alpha value is -1.76. The van der Waals surface area contributed by atoms with Gasteiger partial charge in [-0.15, -0.1) is 0 Å². The summed E-state index contributed by atoms with van der Waals surface area (Å²) in [7, 11) is 0. The number of hydrogen-bond donors (Lipinski definition) is 1. The minimum Gasteiger partial charge on any atom is -0.490 e. The summed E-state index contributed by atoms with van der Waals surface area (Å²) in [5, 5.41) is 8.75. The molecule has 1 rings (SSSR count). The Morgan fingerprint density at radius 2 is 2.10 bits per heavy atom. The molecular formula is C14H17F3O4. The van der Waals surface area contributed by atoms with Gasteiger partial charge in [0.05, 0.1) is 5.56 Å². The highest BCUT2D eigenvalue weighted by molar-refractivity contribution is 5.66. The quantitative estimate of drug-likeness (QED) is 0.787. The first-order valence-corrected chi connectivity index (χ1v) is 6.41. The first kappa shape index (κ1) is 17.3. The van der Waals surface area contributed by atoms with Crippen LogP contribution in [0.15, 0.2) is 24.3 Å². The van der Waals surface area contributed by atoms with Crippen LogP contribution in [0.1, 0.15) is 25.3 Å². The molecule has 0 aliphatic carbocycles. The SMILES string of the molecule is CC(=O)OC(CCCO)COc1cccc(C(F)(F)F)c1. The van der Waals surface area contributed by atoms with E-state index in [0.717, 1.165) is 12.1 Å². The Morgan fingerprint density at radius 1 is 1.38 bits per heavy atom. The standard InChI is InChI=1S/C14H17F3O4/c1-10(19)21-13(6-3-7-18)9-20-12-5-2-4-11(8-12)14(15,16)17/h2,4-5,8,13,18H,3,6-7,9H2,1H3. The van der Waals surface area contributed by atoms with Gasteiger partial charge in [-0.25, -0.2) is 0 Å². The molecule has 0 amide bonds. The van der Waals surface area contributed by atoms with Crippen LogP contribution in [-0.4, -0.2) is 30.4 Å². The number of hydrogen-bond acceptors (Lipinski definition) is 4. The maximum Gasteiger partial charge on any atom is 0.416 e. The minimum absolute atomic E-state index is 0.0472. The topological polar surface area (TPSA) is 55.8 Å². The van der Waals surface area contributed by atoms with E-state index in [9.17, 15) is 18.0 Å². The van der Waals surface area contributed by atoms with Gasteiger partial charge in [-0.1, -0.05) is 6.07 Å². The van der Waals surface area contributed by atoms with Crippen molar-refractivity contribution in [2.45, 2.75) is 32.0 Å². The van der Waals surface area contributed by atoms with Crippen LogP contribution >= 0.6 is 0 Å². The lowest BCUT2D eigenvalue weighted by atomic mass is 10.2. The summed E-state index contributed by atoms with van der Waals surface area (Å²) in [6.45, 7) is 1.10. The molecule has 4 nitrogen and oxygen atoms in total. The van der Waals surface area contributed by atoms with Crippen molar-refractivity contribution in [1.29, 1.82) is 0 Å². The molecule has 118 valence electrons. The Balaban J connectivity index is 2.64. The Bertz CT molecular complexity index is 460. The van der Waals surface area contributed by atoms with Crippen LogP contribution in [0.4, 0.5) is 13.2 Å². The van der Waals surface area contributed by atoms with Gasteiger partial charge >= 0.3 is 12.1 Å². The van der Waals surface area contributed by atoms with Crippen LogP contribution in [0.25, 0.3) is 0 Å². The number of rotatable bonds is 7. The predicted molar refractivity (Wildman–Crippen MR) is 68.8 cm³/mol. The summed E-state index contributed by atoms with van der Waals surface area (Å²) in [5.41, 5.74) is -0.806. The molecule has 0 radical (unpaired) electrons. The fourth-order valence-corrected chi connectivity index (χ4v) is 1.68. The fourth-order valence-electron chi connectivity index (χ4n) is 1.68. The molecule has 1 unspecified atom stereocenters.